The first-order chi connectivity index (χ1) is 21.1. The minimum Gasteiger partial charge on any atom is -0.496 e. The highest BCUT2D eigenvalue weighted by molar-refractivity contribution is 6.48. The Bertz CT molecular complexity index is 1530. The molecule has 0 aromatic heterocycles. The van der Waals surface area contributed by atoms with E-state index >= 15 is 0 Å². The molecule has 0 spiro atoms. The summed E-state index contributed by atoms with van der Waals surface area (Å²) in [6, 6.07) is 22.5. The molecule has 1 amide bonds. The summed E-state index contributed by atoms with van der Waals surface area (Å²) in [7, 11) is 0.766. The molecular formula is C35H40BNO7. The minimum absolute atomic E-state index is 0.0608. The second-order valence-corrected chi connectivity index (χ2v) is 13.1. The molecule has 2 bridgehead atoms. The fraction of sp³-hybridized carbons (Fsp3) is 0.429. The molecule has 0 radical (unpaired) electrons. The Morgan fingerprint density at radius 3 is 2.50 bits per heavy atom. The highest BCUT2D eigenvalue weighted by atomic mass is 16.7. The summed E-state index contributed by atoms with van der Waals surface area (Å²) in [5.74, 6) is 0.0708. The summed E-state index contributed by atoms with van der Waals surface area (Å²) in [6.07, 6.45) is 2.39. The van der Waals surface area contributed by atoms with Gasteiger partial charge in [-0.25, -0.2) is 4.79 Å². The summed E-state index contributed by atoms with van der Waals surface area (Å²) in [5, 5.41) is 12.9. The maximum Gasteiger partial charge on any atom is 0.482 e. The summed E-state index contributed by atoms with van der Waals surface area (Å²) in [6.45, 7) is 7.20. The zero-order chi connectivity index (χ0) is 31.1. The van der Waals surface area contributed by atoms with Gasteiger partial charge in [-0.2, -0.15) is 0 Å². The van der Waals surface area contributed by atoms with Crippen LogP contribution in [0.3, 0.4) is 0 Å². The number of carboxylic acid groups (broad SMARTS) is 1. The fourth-order valence-corrected chi connectivity index (χ4v) is 7.61. The summed E-state index contributed by atoms with van der Waals surface area (Å²) >= 11 is 0. The summed E-state index contributed by atoms with van der Waals surface area (Å²) in [5.41, 5.74) is 2.32. The van der Waals surface area contributed by atoms with Crippen LogP contribution in [-0.2, 0) is 33.6 Å². The van der Waals surface area contributed by atoms with Crippen molar-refractivity contribution in [1.82, 2.24) is 5.32 Å². The lowest BCUT2D eigenvalue weighted by Gasteiger charge is -2.64. The lowest BCUT2D eigenvalue weighted by atomic mass is 9.43. The number of methoxy groups -OCH3 is 1. The molecule has 3 aromatic rings. The van der Waals surface area contributed by atoms with Gasteiger partial charge in [0.25, 0.3) is 0 Å². The molecule has 9 heteroatoms. The number of nitrogens with one attached hydrogen (secondary N) is 1. The van der Waals surface area contributed by atoms with E-state index in [9.17, 15) is 14.7 Å². The average Bonchev–Trinajstić information content (AvgIpc) is 3.37. The number of carbonyl (C=O) groups is 2. The molecule has 44 heavy (non-hydrogen) atoms. The van der Waals surface area contributed by atoms with Crippen LogP contribution >= 0.6 is 0 Å². The predicted octanol–water partition coefficient (Wildman–Crippen LogP) is 5.51. The molecule has 7 rings (SSSR count). The van der Waals surface area contributed by atoms with Gasteiger partial charge in [0, 0.05) is 0 Å². The van der Waals surface area contributed by atoms with Crippen LogP contribution in [0.5, 0.6) is 11.5 Å². The molecule has 5 unspecified atom stereocenters. The van der Waals surface area contributed by atoms with Gasteiger partial charge in [0.05, 0.1) is 31.2 Å². The second-order valence-electron chi connectivity index (χ2n) is 13.1. The Labute approximate surface area is 259 Å². The van der Waals surface area contributed by atoms with E-state index in [0.717, 1.165) is 24.0 Å². The van der Waals surface area contributed by atoms with Crippen LogP contribution in [0, 0.1) is 17.3 Å². The molecule has 3 aliphatic carbocycles. The average molecular weight is 598 g/mol. The van der Waals surface area contributed by atoms with Crippen molar-refractivity contribution in [3.8, 4) is 11.5 Å². The van der Waals surface area contributed by atoms with Crippen LogP contribution in [0.1, 0.15) is 60.7 Å². The van der Waals surface area contributed by atoms with Crippen LogP contribution in [0.4, 0.5) is 0 Å². The van der Waals surface area contributed by atoms with Gasteiger partial charge in [0.1, 0.15) is 23.7 Å². The Kier molecular flexibility index (Phi) is 8.20. The molecule has 230 valence electrons. The number of hydrogen-bond acceptors (Lipinski definition) is 6. The van der Waals surface area contributed by atoms with Crippen LogP contribution in [-0.4, -0.2) is 48.9 Å². The first-order valence-corrected chi connectivity index (χ1v) is 15.4. The van der Waals surface area contributed by atoms with Crippen LogP contribution in [0.25, 0.3) is 0 Å². The quantitative estimate of drug-likeness (QED) is 0.281. The summed E-state index contributed by atoms with van der Waals surface area (Å²) < 4.78 is 24.9. The molecule has 1 heterocycles. The van der Waals surface area contributed by atoms with E-state index in [1.165, 1.54) is 13.2 Å². The molecular weight excluding hydrogens is 557 g/mol. The first kappa shape index (κ1) is 30.2. The Hall–Kier alpha value is -3.82. The smallest absolute Gasteiger partial charge is 0.482 e. The van der Waals surface area contributed by atoms with E-state index in [-0.39, 0.29) is 41.6 Å². The van der Waals surface area contributed by atoms with Crippen molar-refractivity contribution in [2.45, 2.75) is 70.7 Å². The van der Waals surface area contributed by atoms with Gasteiger partial charge in [-0.15, -0.1) is 0 Å². The van der Waals surface area contributed by atoms with Crippen molar-refractivity contribution in [2.75, 3.05) is 7.11 Å². The number of carbonyl (C=O) groups excluding carboxylic acids is 1. The highest BCUT2D eigenvalue weighted by Crippen LogP contribution is 2.65. The topological polar surface area (TPSA) is 103 Å². The van der Waals surface area contributed by atoms with Gasteiger partial charge in [-0.1, -0.05) is 68.4 Å². The molecule has 4 aliphatic rings. The van der Waals surface area contributed by atoms with Gasteiger partial charge in [0.15, 0.2) is 0 Å². The molecule has 8 nitrogen and oxygen atoms in total. The number of para-hydroxylation sites is 1. The number of carboxylic acids is 1. The van der Waals surface area contributed by atoms with E-state index in [4.69, 9.17) is 18.8 Å². The lowest BCUT2D eigenvalue weighted by Crippen LogP contribution is -2.65. The molecule has 1 aliphatic heterocycles. The van der Waals surface area contributed by atoms with Crippen molar-refractivity contribution >= 4 is 19.0 Å². The maximum atomic E-state index is 13.6. The van der Waals surface area contributed by atoms with Gasteiger partial charge in [-0.3, -0.25) is 4.79 Å². The van der Waals surface area contributed by atoms with E-state index in [1.54, 1.807) is 6.07 Å². The Morgan fingerprint density at radius 2 is 1.77 bits per heavy atom. The van der Waals surface area contributed by atoms with Crippen molar-refractivity contribution in [1.29, 1.82) is 0 Å². The van der Waals surface area contributed by atoms with E-state index in [1.807, 2.05) is 60.7 Å². The molecule has 5 atom stereocenters. The van der Waals surface area contributed by atoms with Gasteiger partial charge < -0.3 is 29.2 Å². The van der Waals surface area contributed by atoms with Crippen LogP contribution in [0.15, 0.2) is 72.8 Å². The SMILES string of the molecule is COc1c(CC(NC(=O)Cc2cccc(OCc3ccccc3)c2)B2OC3CC4CC(C4(C)C)C3(C)O2)cccc1C(=O)O. The molecule has 3 aromatic carbocycles. The molecule has 1 saturated heterocycles. The highest BCUT2D eigenvalue weighted by Gasteiger charge is 2.68. The Balaban J connectivity index is 1.21. The number of amides is 1. The number of hydrogen-bond donors (Lipinski definition) is 2. The van der Waals surface area contributed by atoms with Gasteiger partial charge in [-0.05, 0) is 78.3 Å². The maximum absolute atomic E-state index is 13.6. The van der Waals surface area contributed by atoms with E-state index in [2.05, 4.69) is 26.1 Å². The third-order valence-corrected chi connectivity index (χ3v) is 10.1. The summed E-state index contributed by atoms with van der Waals surface area (Å²) in [4.78, 5) is 25.5. The number of rotatable bonds is 11. The van der Waals surface area contributed by atoms with Gasteiger partial charge in [0.2, 0.25) is 5.91 Å². The third kappa shape index (κ3) is 5.71. The first-order valence-electron chi connectivity index (χ1n) is 15.4. The van der Waals surface area contributed by atoms with Crippen LogP contribution < -0.4 is 14.8 Å². The molecule has 2 N–H and O–H groups in total. The number of aromatic carboxylic acids is 1. The predicted molar refractivity (Wildman–Crippen MR) is 167 cm³/mol. The Morgan fingerprint density at radius 1 is 1.02 bits per heavy atom. The van der Waals surface area contributed by atoms with Crippen molar-refractivity contribution in [3.63, 3.8) is 0 Å². The largest absolute Gasteiger partial charge is 0.496 e. The van der Waals surface area contributed by atoms with Crippen molar-refractivity contribution < 1.29 is 33.5 Å². The van der Waals surface area contributed by atoms with Crippen molar-refractivity contribution in [2.24, 2.45) is 17.3 Å². The fourth-order valence-electron chi connectivity index (χ4n) is 7.61. The van der Waals surface area contributed by atoms with Gasteiger partial charge >= 0.3 is 13.1 Å². The van der Waals surface area contributed by atoms with Crippen LogP contribution in [0.2, 0.25) is 0 Å². The monoisotopic (exact) mass is 597 g/mol. The molecule has 3 saturated carbocycles. The number of ether oxygens (including phenoxy) is 2. The minimum atomic E-state index is -1.08. The zero-order valence-corrected chi connectivity index (χ0v) is 25.7. The number of benzene rings is 3. The standard InChI is InChI=1S/C35H40BNO7/c1-34(2)25-19-28(34)35(3)29(20-25)43-36(44-35)30(18-24-13-9-15-27(33(39)40)32(24)41-4)37-31(38)17-23-12-8-14-26(16-23)42-21-22-10-6-5-7-11-22/h5-16,25,28-30H,17-21H2,1-4H3,(H,37,38)(H,39,40). The van der Waals surface area contributed by atoms with Crippen molar-refractivity contribution in [3.05, 3.63) is 95.1 Å². The van der Waals surface area contributed by atoms with E-state index in [0.29, 0.717) is 29.8 Å². The normalized spacial score (nSPS) is 25.4. The zero-order valence-electron chi connectivity index (χ0n) is 25.7. The molecule has 4 fully saturated rings. The third-order valence-electron chi connectivity index (χ3n) is 10.1. The van der Waals surface area contributed by atoms with E-state index < -0.39 is 24.6 Å². The second kappa shape index (κ2) is 11.9. The lowest BCUT2D eigenvalue weighted by molar-refractivity contribution is -0.199.